The molecule has 2 rings (SSSR count). The summed E-state index contributed by atoms with van der Waals surface area (Å²) >= 11 is 0. The van der Waals surface area contributed by atoms with E-state index < -0.39 is 0 Å². The fraction of sp³-hybridized carbons (Fsp3) is 0.400. The number of hydrogen-bond donors (Lipinski definition) is 0. The lowest BCUT2D eigenvalue weighted by molar-refractivity contribution is 0.504. The normalized spacial score (nSPS) is 18.4. The zero-order chi connectivity index (χ0) is 11.8. The van der Waals surface area contributed by atoms with Crippen LogP contribution in [0.1, 0.15) is 37.1 Å². The highest BCUT2D eigenvalue weighted by Gasteiger charge is 2.25. The highest BCUT2D eigenvalue weighted by atomic mass is 14.7. The van der Waals surface area contributed by atoms with Crippen LogP contribution in [-0.4, -0.2) is 4.98 Å². The van der Waals surface area contributed by atoms with Crippen molar-refractivity contribution in [2.45, 2.75) is 34.1 Å². The van der Waals surface area contributed by atoms with Crippen molar-refractivity contribution in [2.24, 2.45) is 5.41 Å². The minimum Gasteiger partial charge on any atom is -0.256 e. The molecule has 0 radical (unpaired) electrons. The Labute approximate surface area is 97.9 Å². The number of allylic oxidation sites excluding steroid dienone is 4. The zero-order valence-electron chi connectivity index (χ0n) is 10.5. The van der Waals surface area contributed by atoms with E-state index in [1.807, 2.05) is 6.20 Å². The lowest BCUT2D eigenvalue weighted by Gasteiger charge is -2.29. The lowest BCUT2D eigenvalue weighted by Crippen LogP contribution is -2.15. The summed E-state index contributed by atoms with van der Waals surface area (Å²) in [6.45, 7) is 8.80. The molecule has 0 fully saturated rings. The molecule has 0 bridgehead atoms. The SMILES string of the molecule is Cc1cnc(C2=CC=CCC2(C)C)cc1C. The van der Waals surface area contributed by atoms with E-state index in [4.69, 9.17) is 0 Å². The van der Waals surface area contributed by atoms with Gasteiger partial charge in [0, 0.05) is 6.20 Å². The van der Waals surface area contributed by atoms with E-state index in [-0.39, 0.29) is 5.41 Å². The molecule has 16 heavy (non-hydrogen) atoms. The molecule has 0 saturated carbocycles. The van der Waals surface area contributed by atoms with Crippen LogP contribution in [0.2, 0.25) is 0 Å². The van der Waals surface area contributed by atoms with Gasteiger partial charge in [-0.1, -0.05) is 32.1 Å². The quantitative estimate of drug-likeness (QED) is 0.685. The molecule has 0 unspecified atom stereocenters. The molecule has 0 aliphatic heterocycles. The van der Waals surface area contributed by atoms with Crippen molar-refractivity contribution in [2.75, 3.05) is 0 Å². The summed E-state index contributed by atoms with van der Waals surface area (Å²) in [7, 11) is 0. The summed E-state index contributed by atoms with van der Waals surface area (Å²) in [6.07, 6.45) is 9.62. The van der Waals surface area contributed by atoms with Gasteiger partial charge in [0.05, 0.1) is 5.69 Å². The third-order valence-corrected chi connectivity index (χ3v) is 3.40. The van der Waals surface area contributed by atoms with Gasteiger partial charge in [-0.15, -0.1) is 0 Å². The first-order valence-electron chi connectivity index (χ1n) is 5.81. The van der Waals surface area contributed by atoms with E-state index in [0.29, 0.717) is 0 Å². The molecule has 0 aromatic carbocycles. The van der Waals surface area contributed by atoms with Gasteiger partial charge < -0.3 is 0 Å². The summed E-state index contributed by atoms with van der Waals surface area (Å²) in [4.78, 5) is 4.56. The van der Waals surface area contributed by atoms with Crippen LogP contribution in [0, 0.1) is 19.3 Å². The molecule has 0 atom stereocenters. The summed E-state index contributed by atoms with van der Waals surface area (Å²) in [6, 6.07) is 2.20. The smallest absolute Gasteiger partial charge is 0.0670 e. The number of aryl methyl sites for hydroxylation is 2. The molecular weight excluding hydrogens is 194 g/mol. The largest absolute Gasteiger partial charge is 0.256 e. The maximum absolute atomic E-state index is 4.56. The first-order chi connectivity index (χ1) is 7.50. The van der Waals surface area contributed by atoms with Crippen molar-refractivity contribution in [3.05, 3.63) is 47.3 Å². The third kappa shape index (κ3) is 1.95. The highest BCUT2D eigenvalue weighted by molar-refractivity contribution is 5.70. The predicted molar refractivity (Wildman–Crippen MR) is 69.2 cm³/mol. The van der Waals surface area contributed by atoms with Crippen molar-refractivity contribution in [3.63, 3.8) is 0 Å². The van der Waals surface area contributed by atoms with Gasteiger partial charge in [0.1, 0.15) is 0 Å². The fourth-order valence-electron chi connectivity index (χ4n) is 2.07. The lowest BCUT2D eigenvalue weighted by atomic mass is 9.76. The van der Waals surface area contributed by atoms with Crippen LogP contribution in [0.5, 0.6) is 0 Å². The molecule has 1 aromatic rings. The molecule has 0 saturated heterocycles. The highest BCUT2D eigenvalue weighted by Crippen LogP contribution is 2.39. The first kappa shape index (κ1) is 11.1. The number of pyridine rings is 1. The Kier molecular flexibility index (Phi) is 2.71. The standard InChI is InChI=1S/C15H19N/c1-11-9-14(16-10-12(11)2)13-7-5-6-8-15(13,3)4/h5-7,9-10H,8H2,1-4H3. The molecular formula is C15H19N. The van der Waals surface area contributed by atoms with Crippen LogP contribution >= 0.6 is 0 Å². The molecule has 1 aromatic heterocycles. The van der Waals surface area contributed by atoms with Crippen molar-refractivity contribution >= 4 is 5.57 Å². The van der Waals surface area contributed by atoms with Crippen LogP contribution in [0.4, 0.5) is 0 Å². The Bertz CT molecular complexity index is 464. The summed E-state index contributed by atoms with van der Waals surface area (Å²) in [5, 5.41) is 0. The third-order valence-electron chi connectivity index (χ3n) is 3.40. The van der Waals surface area contributed by atoms with Gasteiger partial charge in [-0.3, -0.25) is 4.98 Å². The number of nitrogens with zero attached hydrogens (tertiary/aromatic N) is 1. The van der Waals surface area contributed by atoms with Crippen LogP contribution in [0.25, 0.3) is 5.57 Å². The topological polar surface area (TPSA) is 12.9 Å². The first-order valence-corrected chi connectivity index (χ1v) is 5.81. The van der Waals surface area contributed by atoms with Gasteiger partial charge in [0.25, 0.3) is 0 Å². The minimum absolute atomic E-state index is 0.198. The average Bonchev–Trinajstić information content (AvgIpc) is 2.22. The van der Waals surface area contributed by atoms with E-state index in [1.54, 1.807) is 0 Å². The second kappa shape index (κ2) is 3.89. The van der Waals surface area contributed by atoms with E-state index in [1.165, 1.54) is 16.7 Å². The van der Waals surface area contributed by atoms with Crippen LogP contribution in [-0.2, 0) is 0 Å². The van der Waals surface area contributed by atoms with E-state index in [0.717, 1.165) is 12.1 Å². The minimum atomic E-state index is 0.198. The molecule has 1 aliphatic carbocycles. The van der Waals surface area contributed by atoms with Crippen molar-refractivity contribution in [1.29, 1.82) is 0 Å². The Balaban J connectivity index is 2.47. The van der Waals surface area contributed by atoms with Crippen molar-refractivity contribution in [3.8, 4) is 0 Å². The Morgan fingerprint density at radius 2 is 1.94 bits per heavy atom. The zero-order valence-corrected chi connectivity index (χ0v) is 10.5. The summed E-state index contributed by atoms with van der Waals surface area (Å²) < 4.78 is 0. The maximum Gasteiger partial charge on any atom is 0.0670 e. The Morgan fingerprint density at radius 1 is 1.19 bits per heavy atom. The van der Waals surface area contributed by atoms with E-state index >= 15 is 0 Å². The van der Waals surface area contributed by atoms with E-state index in [9.17, 15) is 0 Å². The molecule has 0 amide bonds. The van der Waals surface area contributed by atoms with Crippen molar-refractivity contribution in [1.82, 2.24) is 4.98 Å². The molecule has 84 valence electrons. The molecule has 0 spiro atoms. The number of hydrogen-bond acceptors (Lipinski definition) is 1. The van der Waals surface area contributed by atoms with Crippen LogP contribution in [0.15, 0.2) is 30.5 Å². The Hall–Kier alpha value is -1.37. The van der Waals surface area contributed by atoms with Gasteiger partial charge in [0.15, 0.2) is 0 Å². The monoisotopic (exact) mass is 213 g/mol. The second-order valence-corrected chi connectivity index (χ2v) is 5.25. The number of rotatable bonds is 1. The van der Waals surface area contributed by atoms with Gasteiger partial charge in [-0.05, 0) is 48.4 Å². The van der Waals surface area contributed by atoms with Crippen molar-refractivity contribution < 1.29 is 0 Å². The van der Waals surface area contributed by atoms with Gasteiger partial charge >= 0.3 is 0 Å². The molecule has 1 nitrogen and oxygen atoms in total. The maximum atomic E-state index is 4.56. The van der Waals surface area contributed by atoms with Gasteiger partial charge in [0.2, 0.25) is 0 Å². The molecule has 1 aliphatic rings. The number of aromatic nitrogens is 1. The molecule has 1 heteroatoms. The van der Waals surface area contributed by atoms with Crippen LogP contribution < -0.4 is 0 Å². The van der Waals surface area contributed by atoms with Gasteiger partial charge in [-0.25, -0.2) is 0 Å². The average molecular weight is 213 g/mol. The molecule has 0 N–H and O–H groups in total. The van der Waals surface area contributed by atoms with Crippen LogP contribution in [0.3, 0.4) is 0 Å². The summed E-state index contributed by atoms with van der Waals surface area (Å²) in [5.41, 5.74) is 5.24. The fourth-order valence-corrected chi connectivity index (χ4v) is 2.07. The second-order valence-electron chi connectivity index (χ2n) is 5.25. The van der Waals surface area contributed by atoms with E-state index in [2.05, 4.69) is 57.0 Å². The molecule has 1 heterocycles. The van der Waals surface area contributed by atoms with Gasteiger partial charge in [-0.2, -0.15) is 0 Å². The summed E-state index contributed by atoms with van der Waals surface area (Å²) in [5.74, 6) is 0. The Morgan fingerprint density at radius 3 is 2.56 bits per heavy atom. The predicted octanol–water partition coefficient (Wildman–Crippen LogP) is 4.07.